The van der Waals surface area contributed by atoms with Crippen LogP contribution in [0.5, 0.6) is 0 Å². The Hall–Kier alpha value is -1.02. The standard InChI is InChI=1S/C14H22N2/c1-10-8-12(14(15)6-5-7-14)13(16(3)4)9-11(10)2/h8-9H,5-7,15H2,1-4H3. The minimum atomic E-state index is -0.0714. The number of aryl methyl sites for hydroxylation is 2. The summed E-state index contributed by atoms with van der Waals surface area (Å²) in [7, 11) is 4.19. The van der Waals surface area contributed by atoms with E-state index in [4.69, 9.17) is 5.73 Å². The first kappa shape index (κ1) is 11.5. The van der Waals surface area contributed by atoms with Gasteiger partial charge in [-0.05, 0) is 55.9 Å². The van der Waals surface area contributed by atoms with Crippen molar-refractivity contribution >= 4 is 5.69 Å². The molecular weight excluding hydrogens is 196 g/mol. The van der Waals surface area contributed by atoms with Gasteiger partial charge < -0.3 is 10.6 Å². The fraction of sp³-hybridized carbons (Fsp3) is 0.571. The molecule has 16 heavy (non-hydrogen) atoms. The summed E-state index contributed by atoms with van der Waals surface area (Å²) in [6.45, 7) is 4.33. The minimum absolute atomic E-state index is 0.0714. The van der Waals surface area contributed by atoms with Crippen molar-refractivity contribution in [1.82, 2.24) is 0 Å². The van der Waals surface area contributed by atoms with Crippen LogP contribution in [0.4, 0.5) is 5.69 Å². The van der Waals surface area contributed by atoms with Gasteiger partial charge in [0, 0.05) is 25.3 Å². The van der Waals surface area contributed by atoms with Gasteiger partial charge in [0.25, 0.3) is 0 Å². The number of anilines is 1. The summed E-state index contributed by atoms with van der Waals surface area (Å²) in [5.74, 6) is 0. The van der Waals surface area contributed by atoms with E-state index in [1.165, 1.54) is 28.8 Å². The van der Waals surface area contributed by atoms with Crippen molar-refractivity contribution in [3.63, 3.8) is 0 Å². The number of nitrogens with two attached hydrogens (primary N) is 1. The van der Waals surface area contributed by atoms with E-state index in [9.17, 15) is 0 Å². The Morgan fingerprint density at radius 2 is 1.69 bits per heavy atom. The molecule has 0 spiro atoms. The van der Waals surface area contributed by atoms with E-state index in [2.05, 4.69) is 45.0 Å². The molecule has 0 atom stereocenters. The Morgan fingerprint density at radius 1 is 1.12 bits per heavy atom. The van der Waals surface area contributed by atoms with Crippen LogP contribution in [0.1, 0.15) is 36.0 Å². The predicted molar refractivity (Wildman–Crippen MR) is 70.0 cm³/mol. The van der Waals surface area contributed by atoms with Crippen LogP contribution in [0.25, 0.3) is 0 Å². The SMILES string of the molecule is Cc1cc(N(C)C)c(C2(N)CCC2)cc1C. The number of benzene rings is 1. The molecule has 2 heteroatoms. The highest BCUT2D eigenvalue weighted by molar-refractivity contribution is 5.59. The highest BCUT2D eigenvalue weighted by atomic mass is 15.1. The van der Waals surface area contributed by atoms with E-state index in [1.807, 2.05) is 0 Å². The van der Waals surface area contributed by atoms with Crippen molar-refractivity contribution in [2.24, 2.45) is 5.73 Å². The largest absolute Gasteiger partial charge is 0.377 e. The van der Waals surface area contributed by atoms with E-state index in [1.54, 1.807) is 0 Å². The Bertz CT molecular complexity index is 403. The maximum Gasteiger partial charge on any atom is 0.0430 e. The summed E-state index contributed by atoms with van der Waals surface area (Å²) in [5.41, 5.74) is 11.7. The molecule has 0 unspecified atom stereocenters. The summed E-state index contributed by atoms with van der Waals surface area (Å²) in [6, 6.07) is 4.54. The first-order valence-electron chi connectivity index (χ1n) is 6.02. The fourth-order valence-electron chi connectivity index (χ4n) is 2.40. The van der Waals surface area contributed by atoms with Gasteiger partial charge in [0.2, 0.25) is 0 Å². The molecule has 1 aromatic rings. The Kier molecular flexibility index (Phi) is 2.70. The Labute approximate surface area is 98.4 Å². The Morgan fingerprint density at radius 3 is 2.12 bits per heavy atom. The third-order valence-electron chi connectivity index (χ3n) is 3.88. The second kappa shape index (κ2) is 3.77. The molecule has 2 rings (SSSR count). The molecule has 0 saturated heterocycles. The molecule has 2 nitrogen and oxygen atoms in total. The van der Waals surface area contributed by atoms with Crippen LogP contribution in [0.15, 0.2) is 12.1 Å². The summed E-state index contributed by atoms with van der Waals surface area (Å²) in [4.78, 5) is 2.18. The molecule has 0 radical (unpaired) electrons. The maximum atomic E-state index is 6.46. The molecule has 2 N–H and O–H groups in total. The fourth-order valence-corrected chi connectivity index (χ4v) is 2.40. The number of nitrogens with zero attached hydrogens (tertiary/aromatic N) is 1. The lowest BCUT2D eigenvalue weighted by atomic mass is 9.71. The maximum absolute atomic E-state index is 6.46. The summed E-state index contributed by atoms with van der Waals surface area (Å²) in [5, 5.41) is 0. The van der Waals surface area contributed by atoms with Crippen LogP contribution in [-0.4, -0.2) is 14.1 Å². The molecule has 1 saturated carbocycles. The lowest BCUT2D eigenvalue weighted by molar-refractivity contribution is 0.254. The normalized spacial score (nSPS) is 18.1. The summed E-state index contributed by atoms with van der Waals surface area (Å²) < 4.78 is 0. The third kappa shape index (κ3) is 1.71. The Balaban J connectivity index is 2.53. The predicted octanol–water partition coefficient (Wildman–Crippen LogP) is 2.71. The van der Waals surface area contributed by atoms with Crippen LogP contribution < -0.4 is 10.6 Å². The summed E-state index contributed by atoms with van der Waals surface area (Å²) in [6.07, 6.45) is 3.50. The van der Waals surface area contributed by atoms with Crippen LogP contribution in [0.3, 0.4) is 0 Å². The van der Waals surface area contributed by atoms with E-state index in [0.717, 1.165) is 12.8 Å². The van der Waals surface area contributed by atoms with Crippen molar-refractivity contribution in [1.29, 1.82) is 0 Å². The second-order valence-corrected chi connectivity index (χ2v) is 5.36. The molecule has 0 amide bonds. The quantitative estimate of drug-likeness (QED) is 0.827. The van der Waals surface area contributed by atoms with E-state index >= 15 is 0 Å². The zero-order valence-corrected chi connectivity index (χ0v) is 10.8. The molecular formula is C14H22N2. The number of hydrogen-bond acceptors (Lipinski definition) is 2. The zero-order chi connectivity index (χ0) is 11.9. The lowest BCUT2D eigenvalue weighted by Gasteiger charge is -2.41. The van der Waals surface area contributed by atoms with Gasteiger partial charge in [0.1, 0.15) is 0 Å². The molecule has 1 aliphatic rings. The molecule has 0 aliphatic heterocycles. The first-order valence-corrected chi connectivity index (χ1v) is 6.02. The zero-order valence-electron chi connectivity index (χ0n) is 10.8. The van der Waals surface area contributed by atoms with Gasteiger partial charge in [0.05, 0.1) is 0 Å². The van der Waals surface area contributed by atoms with Crippen LogP contribution in [0, 0.1) is 13.8 Å². The van der Waals surface area contributed by atoms with Crippen LogP contribution >= 0.6 is 0 Å². The molecule has 1 fully saturated rings. The average Bonchev–Trinajstić information content (AvgIpc) is 2.17. The van der Waals surface area contributed by atoms with Gasteiger partial charge in [0.15, 0.2) is 0 Å². The highest BCUT2D eigenvalue weighted by Gasteiger charge is 2.36. The smallest absolute Gasteiger partial charge is 0.0430 e. The topological polar surface area (TPSA) is 29.3 Å². The summed E-state index contributed by atoms with van der Waals surface area (Å²) >= 11 is 0. The van der Waals surface area contributed by atoms with Gasteiger partial charge in [-0.25, -0.2) is 0 Å². The highest BCUT2D eigenvalue weighted by Crippen LogP contribution is 2.43. The van der Waals surface area contributed by atoms with Gasteiger partial charge >= 0.3 is 0 Å². The number of rotatable bonds is 2. The van der Waals surface area contributed by atoms with Crippen LogP contribution in [-0.2, 0) is 5.54 Å². The minimum Gasteiger partial charge on any atom is -0.377 e. The van der Waals surface area contributed by atoms with Crippen molar-refractivity contribution < 1.29 is 0 Å². The molecule has 1 aliphatic carbocycles. The van der Waals surface area contributed by atoms with E-state index in [0.29, 0.717) is 0 Å². The second-order valence-electron chi connectivity index (χ2n) is 5.36. The monoisotopic (exact) mass is 218 g/mol. The lowest BCUT2D eigenvalue weighted by Crippen LogP contribution is -2.44. The average molecular weight is 218 g/mol. The third-order valence-corrected chi connectivity index (χ3v) is 3.88. The van der Waals surface area contributed by atoms with Crippen molar-refractivity contribution in [2.45, 2.75) is 38.6 Å². The van der Waals surface area contributed by atoms with Gasteiger partial charge in [-0.3, -0.25) is 0 Å². The molecule has 1 aromatic carbocycles. The van der Waals surface area contributed by atoms with Crippen LogP contribution in [0.2, 0.25) is 0 Å². The van der Waals surface area contributed by atoms with Gasteiger partial charge in [-0.2, -0.15) is 0 Å². The molecule has 0 heterocycles. The van der Waals surface area contributed by atoms with Gasteiger partial charge in [-0.15, -0.1) is 0 Å². The van der Waals surface area contributed by atoms with E-state index < -0.39 is 0 Å². The molecule has 0 bridgehead atoms. The van der Waals surface area contributed by atoms with Gasteiger partial charge in [-0.1, -0.05) is 6.07 Å². The number of hydrogen-bond donors (Lipinski definition) is 1. The molecule has 0 aromatic heterocycles. The van der Waals surface area contributed by atoms with Crippen molar-refractivity contribution in [3.05, 3.63) is 28.8 Å². The van der Waals surface area contributed by atoms with E-state index in [-0.39, 0.29) is 5.54 Å². The molecule has 88 valence electrons. The van der Waals surface area contributed by atoms with Crippen molar-refractivity contribution in [3.8, 4) is 0 Å². The van der Waals surface area contributed by atoms with Crippen molar-refractivity contribution in [2.75, 3.05) is 19.0 Å². The first-order chi connectivity index (χ1) is 7.44.